The van der Waals surface area contributed by atoms with Crippen LogP contribution in [0.5, 0.6) is 0 Å². The first-order valence-corrected chi connectivity index (χ1v) is 8.39. The molecule has 0 bridgehead atoms. The van der Waals surface area contributed by atoms with Crippen molar-refractivity contribution in [3.63, 3.8) is 0 Å². The van der Waals surface area contributed by atoms with E-state index in [2.05, 4.69) is 4.98 Å². The largest absolute Gasteiger partial charge is 0.481 e. The summed E-state index contributed by atoms with van der Waals surface area (Å²) < 4.78 is 1.75. The maximum atomic E-state index is 13.0. The zero-order valence-electron chi connectivity index (χ0n) is 11.9. The van der Waals surface area contributed by atoms with Crippen molar-refractivity contribution < 1.29 is 9.90 Å². The number of aromatic nitrogens is 2. The second-order valence-corrected chi connectivity index (χ2v) is 6.97. The Bertz CT molecular complexity index is 1050. The van der Waals surface area contributed by atoms with E-state index < -0.39 is 11.9 Å². The molecule has 2 aromatic heterocycles. The molecule has 23 heavy (non-hydrogen) atoms. The van der Waals surface area contributed by atoms with Crippen LogP contribution in [0.4, 0.5) is 0 Å². The lowest BCUT2D eigenvalue weighted by Gasteiger charge is -2.08. The van der Waals surface area contributed by atoms with Gasteiger partial charge in [-0.15, -0.1) is 11.3 Å². The molecule has 1 atom stereocenters. The van der Waals surface area contributed by atoms with Gasteiger partial charge in [-0.05, 0) is 42.8 Å². The molecule has 0 fully saturated rings. The Morgan fingerprint density at radius 2 is 2.09 bits per heavy atom. The molecule has 1 aromatic carbocycles. The van der Waals surface area contributed by atoms with Crippen molar-refractivity contribution in [2.75, 3.05) is 0 Å². The van der Waals surface area contributed by atoms with Crippen molar-refractivity contribution in [3.8, 4) is 5.69 Å². The SMILES string of the molecule is O=C(O)[C@@H]1CCc2sc3[nH]c(=S)n(-c4ccccc4)c(=O)c3c21. The van der Waals surface area contributed by atoms with Crippen LogP contribution in [0.15, 0.2) is 35.1 Å². The first-order valence-electron chi connectivity index (χ1n) is 7.16. The highest BCUT2D eigenvalue weighted by atomic mass is 32.1. The zero-order valence-corrected chi connectivity index (χ0v) is 13.5. The molecule has 1 aliphatic carbocycles. The van der Waals surface area contributed by atoms with Gasteiger partial charge < -0.3 is 10.1 Å². The number of nitrogens with one attached hydrogen (secondary N) is 1. The minimum atomic E-state index is -0.878. The molecule has 2 N–H and O–H groups in total. The number of benzene rings is 1. The van der Waals surface area contributed by atoms with Gasteiger partial charge in [-0.1, -0.05) is 18.2 Å². The molecule has 0 aliphatic heterocycles. The van der Waals surface area contributed by atoms with Crippen molar-refractivity contribution in [1.29, 1.82) is 0 Å². The number of aromatic amines is 1. The third-order valence-electron chi connectivity index (χ3n) is 4.18. The van der Waals surface area contributed by atoms with E-state index >= 15 is 0 Å². The number of rotatable bonds is 2. The molecule has 7 heteroatoms. The third-order valence-corrected chi connectivity index (χ3v) is 5.65. The Morgan fingerprint density at radius 3 is 2.78 bits per heavy atom. The van der Waals surface area contributed by atoms with Gasteiger partial charge in [0.05, 0.1) is 17.0 Å². The van der Waals surface area contributed by atoms with Crippen molar-refractivity contribution in [1.82, 2.24) is 9.55 Å². The number of hydrogen-bond donors (Lipinski definition) is 2. The Labute approximate surface area is 139 Å². The van der Waals surface area contributed by atoms with E-state index in [1.54, 1.807) is 12.1 Å². The van der Waals surface area contributed by atoms with E-state index in [9.17, 15) is 14.7 Å². The standard InChI is InChI=1S/C16H12N2O3S2/c19-14-12-11-9(15(20)21)6-7-10(11)23-13(12)17-16(22)18(14)8-4-2-1-3-5-8/h1-5,9H,6-7H2,(H,17,22)(H,20,21)/t9-/m1/s1. The van der Waals surface area contributed by atoms with Crippen LogP contribution in [0.1, 0.15) is 22.8 Å². The van der Waals surface area contributed by atoms with Gasteiger partial charge in [-0.3, -0.25) is 14.2 Å². The van der Waals surface area contributed by atoms with Crippen molar-refractivity contribution in [3.05, 3.63) is 55.9 Å². The molecule has 1 aliphatic rings. The number of H-pyrrole nitrogens is 1. The summed E-state index contributed by atoms with van der Waals surface area (Å²) in [5, 5.41) is 9.90. The lowest BCUT2D eigenvalue weighted by Crippen LogP contribution is -2.21. The monoisotopic (exact) mass is 344 g/mol. The van der Waals surface area contributed by atoms with Crippen LogP contribution in [-0.2, 0) is 11.2 Å². The summed E-state index contributed by atoms with van der Waals surface area (Å²) in [6, 6.07) is 9.14. The average molecular weight is 344 g/mol. The van der Waals surface area contributed by atoms with Gasteiger partial charge in [0.1, 0.15) is 4.83 Å². The van der Waals surface area contributed by atoms with Crippen molar-refractivity contribution >= 4 is 39.7 Å². The van der Waals surface area contributed by atoms with Crippen LogP contribution in [-0.4, -0.2) is 20.6 Å². The maximum Gasteiger partial charge on any atom is 0.311 e. The van der Waals surface area contributed by atoms with Crippen LogP contribution in [0.3, 0.4) is 0 Å². The normalized spacial score (nSPS) is 16.6. The molecule has 2 heterocycles. The molecule has 0 saturated heterocycles. The van der Waals surface area contributed by atoms with Gasteiger partial charge in [0.15, 0.2) is 4.77 Å². The van der Waals surface area contributed by atoms with E-state index in [4.69, 9.17) is 12.2 Å². The lowest BCUT2D eigenvalue weighted by atomic mass is 10.0. The van der Waals surface area contributed by atoms with E-state index in [0.717, 1.165) is 4.88 Å². The summed E-state index contributed by atoms with van der Waals surface area (Å²) in [6.07, 6.45) is 1.24. The van der Waals surface area contributed by atoms with E-state index in [-0.39, 0.29) is 5.56 Å². The molecular weight excluding hydrogens is 332 g/mol. The molecule has 0 amide bonds. The Hall–Kier alpha value is -2.25. The van der Waals surface area contributed by atoms with Crippen LogP contribution in [0.2, 0.25) is 0 Å². The molecule has 4 rings (SSSR count). The average Bonchev–Trinajstić information content (AvgIpc) is 3.06. The lowest BCUT2D eigenvalue weighted by molar-refractivity contribution is -0.138. The highest BCUT2D eigenvalue weighted by Crippen LogP contribution is 2.42. The quantitative estimate of drug-likeness (QED) is 0.700. The number of hydrogen-bond acceptors (Lipinski definition) is 4. The van der Waals surface area contributed by atoms with Crippen LogP contribution in [0.25, 0.3) is 15.9 Å². The Kier molecular flexibility index (Phi) is 3.21. The first-order chi connectivity index (χ1) is 11.1. The fourth-order valence-corrected chi connectivity index (χ4v) is 4.80. The number of nitrogens with zero attached hydrogens (tertiary/aromatic N) is 1. The first kappa shape index (κ1) is 14.3. The predicted octanol–water partition coefficient (Wildman–Crippen LogP) is 3.22. The topological polar surface area (TPSA) is 75.1 Å². The molecule has 0 saturated carbocycles. The molecule has 3 aromatic rings. The van der Waals surface area contributed by atoms with Gasteiger partial charge in [-0.25, -0.2) is 0 Å². The fraction of sp³-hybridized carbons (Fsp3) is 0.188. The molecule has 0 radical (unpaired) electrons. The number of aliphatic carboxylic acids is 1. The van der Waals surface area contributed by atoms with Crippen LogP contribution >= 0.6 is 23.6 Å². The molecule has 0 unspecified atom stereocenters. The van der Waals surface area contributed by atoms with Crippen molar-refractivity contribution in [2.45, 2.75) is 18.8 Å². The summed E-state index contributed by atoms with van der Waals surface area (Å²) in [4.78, 5) is 29.3. The maximum absolute atomic E-state index is 13.0. The fourth-order valence-electron chi connectivity index (χ4n) is 3.18. The van der Waals surface area contributed by atoms with Crippen LogP contribution in [0, 0.1) is 4.77 Å². The van der Waals surface area contributed by atoms with Crippen LogP contribution < -0.4 is 5.56 Å². The minimum absolute atomic E-state index is 0.249. The second kappa shape index (κ2) is 5.14. The molecule has 0 spiro atoms. The number of carboxylic acids is 1. The number of para-hydroxylation sites is 1. The van der Waals surface area contributed by atoms with Gasteiger partial charge in [0.2, 0.25) is 0 Å². The van der Waals surface area contributed by atoms with Gasteiger partial charge >= 0.3 is 5.97 Å². The zero-order chi connectivity index (χ0) is 16.1. The smallest absolute Gasteiger partial charge is 0.311 e. The van der Waals surface area contributed by atoms with Gasteiger partial charge in [0.25, 0.3) is 5.56 Å². The summed E-state index contributed by atoms with van der Waals surface area (Å²) >= 11 is 6.78. The van der Waals surface area contributed by atoms with Gasteiger partial charge in [-0.2, -0.15) is 0 Å². The van der Waals surface area contributed by atoms with E-state index in [1.165, 1.54) is 15.9 Å². The minimum Gasteiger partial charge on any atom is -0.481 e. The summed E-state index contributed by atoms with van der Waals surface area (Å²) in [6.45, 7) is 0. The number of thiophene rings is 1. The highest BCUT2D eigenvalue weighted by molar-refractivity contribution is 7.71. The summed E-state index contributed by atoms with van der Waals surface area (Å²) in [7, 11) is 0. The number of carbonyl (C=O) groups is 1. The third kappa shape index (κ3) is 2.08. The number of fused-ring (bicyclic) bond motifs is 3. The number of carboxylic acid groups (broad SMARTS) is 1. The van der Waals surface area contributed by atoms with Crippen molar-refractivity contribution in [2.24, 2.45) is 0 Å². The summed E-state index contributed by atoms with van der Waals surface area (Å²) in [5.74, 6) is -1.49. The number of aryl methyl sites for hydroxylation is 1. The Morgan fingerprint density at radius 1 is 1.35 bits per heavy atom. The molecular formula is C16H12N2O3S2. The second-order valence-electron chi connectivity index (χ2n) is 5.48. The summed E-state index contributed by atoms with van der Waals surface area (Å²) in [5.41, 5.74) is 1.09. The Balaban J connectivity index is 2.09. The predicted molar refractivity (Wildman–Crippen MR) is 91.3 cm³/mol. The van der Waals surface area contributed by atoms with Gasteiger partial charge in [0, 0.05) is 4.88 Å². The molecule has 116 valence electrons. The molecule has 5 nitrogen and oxygen atoms in total. The highest BCUT2D eigenvalue weighted by Gasteiger charge is 2.34. The van der Waals surface area contributed by atoms with E-state index in [1.807, 2.05) is 18.2 Å². The van der Waals surface area contributed by atoms with E-state index in [0.29, 0.717) is 39.1 Å².